The molecule has 0 aliphatic rings. The Labute approximate surface area is 432 Å². The maximum atomic E-state index is 12.8. The zero-order valence-electron chi connectivity index (χ0n) is 38.0. The van der Waals surface area contributed by atoms with Gasteiger partial charge in [-0.25, -0.2) is 0 Å². The van der Waals surface area contributed by atoms with E-state index in [1.54, 1.807) is 48.5 Å². The van der Waals surface area contributed by atoms with E-state index in [4.69, 9.17) is 42.5 Å². The molecule has 0 saturated carbocycles. The van der Waals surface area contributed by atoms with Gasteiger partial charge in [-0.1, -0.05) is 122 Å². The molecule has 15 heteroatoms. The van der Waals surface area contributed by atoms with Gasteiger partial charge in [0.05, 0.1) is 22.3 Å². The van der Waals surface area contributed by atoms with Gasteiger partial charge in [-0.15, -0.1) is 0 Å². The molecule has 2 atom stereocenters. The summed E-state index contributed by atoms with van der Waals surface area (Å²) in [5.74, 6) is 1.43. The summed E-state index contributed by atoms with van der Waals surface area (Å²) in [5, 5.41) is 20.1. The number of rotatable bonds is 16. The molecule has 0 radical (unpaired) electrons. The Balaban J connectivity index is 0.000000598. The van der Waals surface area contributed by atoms with Crippen LogP contribution in [-0.4, -0.2) is 67.1 Å². The van der Waals surface area contributed by atoms with Crippen LogP contribution in [0.1, 0.15) is 81.8 Å². The smallest absolute Gasteiger partial charge is 0.251 e. The highest BCUT2D eigenvalue weighted by atomic mass is 79.9. The van der Waals surface area contributed by atoms with Crippen LogP contribution in [0.15, 0.2) is 150 Å². The van der Waals surface area contributed by atoms with Crippen LogP contribution in [0, 0.1) is 0 Å². The first-order valence-corrected chi connectivity index (χ1v) is 22.9. The van der Waals surface area contributed by atoms with E-state index in [9.17, 15) is 19.2 Å². The number of para-hydroxylation sites is 2. The van der Waals surface area contributed by atoms with Crippen LogP contribution in [-0.2, 0) is 22.4 Å². The highest BCUT2D eigenvalue weighted by Crippen LogP contribution is 2.28. The Morgan fingerprint density at radius 1 is 0.543 bits per heavy atom. The molecule has 0 bridgehead atoms. The molecule has 5 N–H and O–H groups in total. The SMILES string of the molecule is C.C.C.CNC(=O)C(Cc1ccc(Br)cc1)NC(=O)c1ccc(OC(C)C)c(Cl)c1.CNC(=O)C(Cc1ccc(Oc2ccccc2)cc1)NC(=O)c1ccc(OC(C)C)c(Cl)c1.Oc1ccccc1. The van der Waals surface area contributed by atoms with Crippen LogP contribution in [0.4, 0.5) is 0 Å². The Morgan fingerprint density at radius 2 is 0.914 bits per heavy atom. The van der Waals surface area contributed by atoms with Crippen molar-refractivity contribution in [2.75, 3.05) is 14.1 Å². The second-order valence-electron chi connectivity index (χ2n) is 15.3. The van der Waals surface area contributed by atoms with Crippen LogP contribution in [0.25, 0.3) is 0 Å². The van der Waals surface area contributed by atoms with Gasteiger partial charge < -0.3 is 40.6 Å². The summed E-state index contributed by atoms with van der Waals surface area (Å²) in [6, 6.07) is 41.3. The zero-order valence-corrected chi connectivity index (χ0v) is 41.1. The van der Waals surface area contributed by atoms with Gasteiger partial charge in [0.25, 0.3) is 11.8 Å². The average molecular weight is 1060 g/mol. The highest BCUT2D eigenvalue weighted by molar-refractivity contribution is 9.10. The largest absolute Gasteiger partial charge is 0.508 e. The maximum absolute atomic E-state index is 12.8. The summed E-state index contributed by atoms with van der Waals surface area (Å²) in [6.07, 6.45) is 0.635. The maximum Gasteiger partial charge on any atom is 0.251 e. The second-order valence-corrected chi connectivity index (χ2v) is 17.1. The summed E-state index contributed by atoms with van der Waals surface area (Å²) < 4.78 is 17.9. The lowest BCUT2D eigenvalue weighted by Crippen LogP contribution is -2.47. The van der Waals surface area contributed by atoms with Gasteiger partial charge >= 0.3 is 0 Å². The fraction of sp³-hybridized carbons (Fsp3) is 0.273. The van der Waals surface area contributed by atoms with Gasteiger partial charge in [-0.05, 0) is 124 Å². The summed E-state index contributed by atoms with van der Waals surface area (Å²) in [4.78, 5) is 50.1. The van der Waals surface area contributed by atoms with Gasteiger partial charge in [0.15, 0.2) is 0 Å². The van der Waals surface area contributed by atoms with Crippen molar-refractivity contribution in [3.8, 4) is 28.7 Å². The first-order valence-electron chi connectivity index (χ1n) is 21.3. The van der Waals surface area contributed by atoms with Crippen molar-refractivity contribution in [2.24, 2.45) is 0 Å². The average Bonchev–Trinajstić information content (AvgIpc) is 3.31. The van der Waals surface area contributed by atoms with E-state index in [0.29, 0.717) is 57.0 Å². The summed E-state index contributed by atoms with van der Waals surface area (Å²) >= 11 is 15.8. The summed E-state index contributed by atoms with van der Waals surface area (Å²) in [6.45, 7) is 7.58. The molecule has 376 valence electrons. The number of benzene rings is 6. The minimum atomic E-state index is -0.756. The fourth-order valence-electron chi connectivity index (χ4n) is 6.07. The third-order valence-corrected chi connectivity index (χ3v) is 10.4. The number of halogens is 3. The third kappa shape index (κ3) is 21.0. The minimum Gasteiger partial charge on any atom is -0.508 e. The Kier molecular flexibility index (Phi) is 27.7. The summed E-state index contributed by atoms with van der Waals surface area (Å²) in [5.41, 5.74) is 2.52. The van der Waals surface area contributed by atoms with Gasteiger partial charge in [-0.3, -0.25) is 19.2 Å². The number of ether oxygens (including phenoxy) is 3. The highest BCUT2D eigenvalue weighted by Gasteiger charge is 2.23. The monoisotopic (exact) mass is 1060 g/mol. The molecular weight excluding hydrogens is 995 g/mol. The number of carbonyl (C=O) groups is 4. The molecule has 6 aromatic rings. The topological polar surface area (TPSA) is 164 Å². The van der Waals surface area contributed by atoms with E-state index in [2.05, 4.69) is 37.2 Å². The quantitative estimate of drug-likeness (QED) is 0.0639. The normalized spacial score (nSPS) is 10.8. The number of hydrogen-bond acceptors (Lipinski definition) is 8. The van der Waals surface area contributed by atoms with Crippen molar-refractivity contribution in [1.29, 1.82) is 0 Å². The molecular formula is C55H67BrCl2N4O8. The Hall–Kier alpha value is -6.54. The van der Waals surface area contributed by atoms with Crippen molar-refractivity contribution < 1.29 is 38.5 Å². The molecule has 0 aromatic heterocycles. The van der Waals surface area contributed by atoms with Crippen LogP contribution in [0.2, 0.25) is 10.0 Å². The van der Waals surface area contributed by atoms with E-state index in [1.165, 1.54) is 26.2 Å². The van der Waals surface area contributed by atoms with Crippen molar-refractivity contribution in [1.82, 2.24) is 21.3 Å². The van der Waals surface area contributed by atoms with E-state index in [0.717, 1.165) is 21.3 Å². The van der Waals surface area contributed by atoms with Crippen molar-refractivity contribution in [3.63, 3.8) is 0 Å². The van der Waals surface area contributed by atoms with Gasteiger partial charge in [0, 0.05) is 42.5 Å². The number of amides is 4. The molecule has 6 rings (SSSR count). The van der Waals surface area contributed by atoms with Gasteiger partial charge in [0.2, 0.25) is 11.8 Å². The number of hydrogen-bond donors (Lipinski definition) is 5. The molecule has 0 aliphatic carbocycles. The predicted octanol–water partition coefficient (Wildman–Crippen LogP) is 12.3. The van der Waals surface area contributed by atoms with Crippen molar-refractivity contribution in [2.45, 2.75) is 87.1 Å². The van der Waals surface area contributed by atoms with Crippen molar-refractivity contribution >= 4 is 62.8 Å². The van der Waals surface area contributed by atoms with E-state index >= 15 is 0 Å². The number of nitrogens with one attached hydrogen (secondary N) is 4. The molecule has 4 amide bonds. The van der Waals surface area contributed by atoms with Crippen LogP contribution >= 0.6 is 39.1 Å². The fourth-order valence-corrected chi connectivity index (χ4v) is 6.79. The summed E-state index contributed by atoms with van der Waals surface area (Å²) in [7, 11) is 3.07. The molecule has 0 aliphatic heterocycles. The van der Waals surface area contributed by atoms with Crippen LogP contribution in [0.5, 0.6) is 28.7 Å². The van der Waals surface area contributed by atoms with E-state index in [1.807, 2.05) is 113 Å². The zero-order chi connectivity index (χ0) is 48.9. The standard InChI is InChI=1S/C26H27ClN2O4.C20H22BrClN2O3.C6H6O.3CH4/c1-17(2)32-24-14-11-19(16-22(24)27)25(30)29-23(26(31)28-3)15-18-9-12-21(13-10-18)33-20-7-5-4-6-8-20;1-12(2)27-18-9-6-14(11-16(18)22)19(25)24-17(20(26)23-3)10-13-4-7-15(21)8-5-13;7-6-4-2-1-3-5-6;;;/h4-14,16-17,23H,15H2,1-3H3,(H,28,31)(H,29,30);4-9,11-12,17H,10H2,1-3H3,(H,23,26)(H,24,25);1-5,7H;3*1H4. The molecule has 0 heterocycles. The predicted molar refractivity (Wildman–Crippen MR) is 288 cm³/mol. The lowest BCUT2D eigenvalue weighted by atomic mass is 10.0. The molecule has 0 spiro atoms. The molecule has 0 fully saturated rings. The van der Waals surface area contributed by atoms with E-state index in [-0.39, 0.29) is 52.2 Å². The first kappa shape index (κ1) is 61.5. The second kappa shape index (κ2) is 31.6. The van der Waals surface area contributed by atoms with E-state index < -0.39 is 18.0 Å². The number of phenolic OH excluding ortho intramolecular Hbond substituents is 1. The lowest BCUT2D eigenvalue weighted by Gasteiger charge is -2.18. The Bertz CT molecular complexity index is 2510. The van der Waals surface area contributed by atoms with Crippen LogP contribution in [0.3, 0.4) is 0 Å². The first-order chi connectivity index (χ1) is 32.0. The van der Waals surface area contributed by atoms with Gasteiger partial charge in [0.1, 0.15) is 40.8 Å². The number of carbonyl (C=O) groups excluding carboxylic acids is 4. The third-order valence-electron chi connectivity index (χ3n) is 9.30. The Morgan fingerprint density at radius 3 is 1.26 bits per heavy atom. The molecule has 6 aromatic carbocycles. The number of likely N-dealkylation sites (N-methyl/N-ethyl adjacent to an activating group) is 2. The lowest BCUT2D eigenvalue weighted by molar-refractivity contribution is -0.123. The number of aromatic hydroxyl groups is 1. The molecule has 0 saturated heterocycles. The van der Waals surface area contributed by atoms with Gasteiger partial charge in [-0.2, -0.15) is 0 Å². The molecule has 12 nitrogen and oxygen atoms in total. The number of phenols is 1. The van der Waals surface area contributed by atoms with Crippen LogP contribution < -0.4 is 35.5 Å². The molecule has 70 heavy (non-hydrogen) atoms. The minimum absolute atomic E-state index is 0. The van der Waals surface area contributed by atoms with Crippen molar-refractivity contribution in [3.05, 3.63) is 182 Å². The molecule has 2 unspecified atom stereocenters.